The minimum Gasteiger partial charge on any atom is -0.480 e. The highest BCUT2D eigenvalue weighted by Gasteiger charge is 2.39. The Morgan fingerprint density at radius 3 is 2.95 bits per heavy atom. The molecule has 0 aromatic carbocycles. The number of furan rings is 1. The third-order valence-corrected chi connectivity index (χ3v) is 3.95. The van der Waals surface area contributed by atoms with Gasteiger partial charge < -0.3 is 9.52 Å². The van der Waals surface area contributed by atoms with Gasteiger partial charge in [-0.15, -0.1) is 0 Å². The molecule has 0 unspecified atom stereocenters. The summed E-state index contributed by atoms with van der Waals surface area (Å²) in [6.45, 7) is 1.70. The van der Waals surface area contributed by atoms with Gasteiger partial charge in [-0.1, -0.05) is 30.9 Å². The largest absolute Gasteiger partial charge is 0.480 e. The van der Waals surface area contributed by atoms with Crippen LogP contribution in [0.5, 0.6) is 0 Å². The molecule has 2 heterocycles. The Kier molecular flexibility index (Phi) is 4.06. The molecule has 100 valence electrons. The van der Waals surface area contributed by atoms with Gasteiger partial charge in [0.25, 0.3) is 5.91 Å². The van der Waals surface area contributed by atoms with Gasteiger partial charge in [0.15, 0.2) is 0 Å². The summed E-state index contributed by atoms with van der Waals surface area (Å²) < 4.78 is 5.39. The van der Waals surface area contributed by atoms with E-state index in [-0.39, 0.29) is 10.2 Å². The zero-order valence-corrected chi connectivity index (χ0v) is 11.7. The number of aliphatic carboxylic acids is 1. The smallest absolute Gasteiger partial charge is 0.326 e. The summed E-state index contributed by atoms with van der Waals surface area (Å²) in [6.07, 6.45) is 3.36. The lowest BCUT2D eigenvalue weighted by molar-refractivity contribution is -0.145. The molecular weight excluding hydrogens is 286 g/mol. The first-order chi connectivity index (χ1) is 9.04. The Bertz CT molecular complexity index is 550. The van der Waals surface area contributed by atoms with E-state index < -0.39 is 12.0 Å². The van der Waals surface area contributed by atoms with E-state index in [1.54, 1.807) is 25.1 Å². The van der Waals surface area contributed by atoms with E-state index in [1.165, 1.54) is 6.26 Å². The summed E-state index contributed by atoms with van der Waals surface area (Å²) in [5.41, 5.74) is 0. The first-order valence-corrected chi connectivity index (χ1v) is 6.80. The Morgan fingerprint density at radius 2 is 2.42 bits per heavy atom. The van der Waals surface area contributed by atoms with Crippen molar-refractivity contribution in [2.24, 2.45) is 0 Å². The number of carbonyl (C=O) groups is 2. The number of carboxylic acids is 1. The average molecular weight is 297 g/mol. The summed E-state index contributed by atoms with van der Waals surface area (Å²) in [5, 5.41) is 9.11. The van der Waals surface area contributed by atoms with E-state index in [2.05, 4.69) is 0 Å². The van der Waals surface area contributed by atoms with Crippen molar-refractivity contribution in [3.05, 3.63) is 29.1 Å². The molecule has 2 rings (SSSR count). The van der Waals surface area contributed by atoms with Crippen LogP contribution in [0.25, 0.3) is 6.08 Å². The van der Waals surface area contributed by atoms with Crippen molar-refractivity contribution in [1.29, 1.82) is 0 Å². The lowest BCUT2D eigenvalue weighted by Gasteiger charge is -2.21. The molecular formula is C12H11NO4S2. The topological polar surface area (TPSA) is 70.8 Å². The van der Waals surface area contributed by atoms with E-state index in [1.807, 2.05) is 0 Å². The molecule has 1 aromatic heterocycles. The molecule has 1 amide bonds. The Hall–Kier alpha value is -1.60. The number of carbonyl (C=O) groups excluding carboxylic acids is 1. The minimum atomic E-state index is -1.06. The maximum atomic E-state index is 12.2. The molecule has 0 radical (unpaired) electrons. The normalized spacial score (nSPS) is 19.2. The van der Waals surface area contributed by atoms with Crippen LogP contribution >= 0.6 is 24.0 Å². The van der Waals surface area contributed by atoms with Crippen LogP contribution in [-0.4, -0.2) is 32.2 Å². The summed E-state index contributed by atoms with van der Waals surface area (Å²) in [5.74, 6) is -0.914. The van der Waals surface area contributed by atoms with Gasteiger partial charge in [0.1, 0.15) is 16.1 Å². The van der Waals surface area contributed by atoms with Gasteiger partial charge in [-0.05, 0) is 18.6 Å². The van der Waals surface area contributed by atoms with Gasteiger partial charge in [0.2, 0.25) is 0 Å². The summed E-state index contributed by atoms with van der Waals surface area (Å²) >= 11 is 6.17. The average Bonchev–Trinajstić information content (AvgIpc) is 2.94. The lowest BCUT2D eigenvalue weighted by Crippen LogP contribution is -2.43. The Morgan fingerprint density at radius 1 is 1.68 bits per heavy atom. The molecule has 0 spiro atoms. The lowest BCUT2D eigenvalue weighted by atomic mass is 10.2. The fourth-order valence-corrected chi connectivity index (χ4v) is 3.06. The third kappa shape index (κ3) is 2.71. The minimum absolute atomic E-state index is 0.261. The van der Waals surface area contributed by atoms with E-state index in [9.17, 15) is 9.59 Å². The van der Waals surface area contributed by atoms with E-state index in [0.717, 1.165) is 16.7 Å². The van der Waals surface area contributed by atoms with Crippen molar-refractivity contribution in [3.63, 3.8) is 0 Å². The van der Waals surface area contributed by atoms with Gasteiger partial charge in [-0.3, -0.25) is 9.69 Å². The summed E-state index contributed by atoms with van der Waals surface area (Å²) in [7, 11) is 0. The molecule has 0 aliphatic carbocycles. The van der Waals surface area contributed by atoms with Crippen molar-refractivity contribution in [1.82, 2.24) is 4.90 Å². The Labute approximate surface area is 119 Å². The van der Waals surface area contributed by atoms with E-state index in [4.69, 9.17) is 21.7 Å². The van der Waals surface area contributed by atoms with Crippen molar-refractivity contribution < 1.29 is 19.1 Å². The van der Waals surface area contributed by atoms with Crippen LogP contribution in [0.3, 0.4) is 0 Å². The summed E-state index contributed by atoms with van der Waals surface area (Å²) in [4.78, 5) is 24.8. The highest BCUT2D eigenvalue weighted by atomic mass is 32.2. The van der Waals surface area contributed by atoms with Crippen molar-refractivity contribution in [3.8, 4) is 0 Å². The number of hydrogen-bond donors (Lipinski definition) is 1. The van der Waals surface area contributed by atoms with Crippen LogP contribution in [0.4, 0.5) is 0 Å². The zero-order valence-electron chi connectivity index (χ0n) is 10.0. The molecule has 7 heteroatoms. The van der Waals surface area contributed by atoms with Crippen LogP contribution in [0.2, 0.25) is 0 Å². The SMILES string of the molecule is CC[C@H](C(=O)O)N1C(=O)C(=Cc2ccco2)SC1=S. The van der Waals surface area contributed by atoms with Crippen LogP contribution in [0.1, 0.15) is 19.1 Å². The molecule has 1 fully saturated rings. The quantitative estimate of drug-likeness (QED) is 0.679. The van der Waals surface area contributed by atoms with Gasteiger partial charge in [-0.2, -0.15) is 0 Å². The predicted molar refractivity (Wildman–Crippen MR) is 75.4 cm³/mol. The molecule has 19 heavy (non-hydrogen) atoms. The molecule has 1 atom stereocenters. The fraction of sp³-hybridized carbons (Fsp3) is 0.250. The molecule has 0 saturated carbocycles. The molecule has 1 aliphatic heterocycles. The van der Waals surface area contributed by atoms with Gasteiger partial charge in [-0.25, -0.2) is 4.79 Å². The van der Waals surface area contributed by atoms with Crippen molar-refractivity contribution in [2.45, 2.75) is 19.4 Å². The third-order valence-electron chi connectivity index (χ3n) is 2.62. The molecule has 1 aromatic rings. The first kappa shape index (κ1) is 13.8. The molecule has 5 nitrogen and oxygen atoms in total. The van der Waals surface area contributed by atoms with Gasteiger partial charge in [0, 0.05) is 6.08 Å². The van der Waals surface area contributed by atoms with Crippen molar-refractivity contribution in [2.75, 3.05) is 0 Å². The number of carboxylic acid groups (broad SMARTS) is 1. The second-order valence-electron chi connectivity index (χ2n) is 3.83. The fourth-order valence-electron chi connectivity index (χ4n) is 1.72. The maximum absolute atomic E-state index is 12.2. The second kappa shape index (κ2) is 5.58. The highest BCUT2D eigenvalue weighted by molar-refractivity contribution is 8.26. The summed E-state index contributed by atoms with van der Waals surface area (Å²) in [6, 6.07) is 2.50. The Balaban J connectivity index is 2.28. The van der Waals surface area contributed by atoms with Crippen LogP contribution in [-0.2, 0) is 9.59 Å². The van der Waals surface area contributed by atoms with E-state index in [0.29, 0.717) is 17.1 Å². The zero-order chi connectivity index (χ0) is 14.0. The number of thiocarbonyl (C=S) groups is 1. The second-order valence-corrected chi connectivity index (χ2v) is 5.51. The number of hydrogen-bond acceptors (Lipinski definition) is 5. The molecule has 0 bridgehead atoms. The van der Waals surface area contributed by atoms with Crippen LogP contribution in [0.15, 0.2) is 27.7 Å². The maximum Gasteiger partial charge on any atom is 0.326 e. The van der Waals surface area contributed by atoms with Gasteiger partial charge in [0.05, 0.1) is 11.2 Å². The predicted octanol–water partition coefficient (Wildman–Crippen LogP) is 2.34. The van der Waals surface area contributed by atoms with Crippen LogP contribution in [0, 0.1) is 0 Å². The number of amides is 1. The first-order valence-electron chi connectivity index (χ1n) is 5.58. The molecule has 1 N–H and O–H groups in total. The number of thioether (sulfide) groups is 1. The van der Waals surface area contributed by atoms with Gasteiger partial charge >= 0.3 is 5.97 Å². The monoisotopic (exact) mass is 297 g/mol. The standard InChI is InChI=1S/C12H11NO4S2/c1-2-8(11(15)16)13-10(14)9(19-12(13)18)6-7-4-3-5-17-7/h3-6,8H,2H2,1H3,(H,15,16)/t8-/m1/s1. The van der Waals surface area contributed by atoms with E-state index >= 15 is 0 Å². The number of nitrogens with zero attached hydrogens (tertiary/aromatic N) is 1. The van der Waals surface area contributed by atoms with Crippen molar-refractivity contribution >= 4 is 46.3 Å². The molecule has 1 saturated heterocycles. The molecule has 1 aliphatic rings. The van der Waals surface area contributed by atoms with Crippen LogP contribution < -0.4 is 0 Å². The number of rotatable bonds is 4. The highest BCUT2D eigenvalue weighted by Crippen LogP contribution is 2.34.